The number of carbonyl (C=O) groups excluding carboxylic acids is 2. The van der Waals surface area contributed by atoms with E-state index in [1.54, 1.807) is 37.3 Å². The first-order chi connectivity index (χ1) is 9.72. The number of Topliss-reactive ketones (excluding diaryl/α,β-unsaturated/α-hetero) is 1. The van der Waals surface area contributed by atoms with Crippen LogP contribution in [0.15, 0.2) is 66.3 Å². The lowest BCUT2D eigenvalue weighted by Gasteiger charge is -2.08. The highest BCUT2D eigenvalue weighted by atomic mass is 16.5. The highest BCUT2D eigenvalue weighted by Gasteiger charge is 2.22. The number of ether oxygens (including phenoxy) is 1. The Hall–Kier alpha value is -2.42. The summed E-state index contributed by atoms with van der Waals surface area (Å²) in [5, 5.41) is 0. The van der Waals surface area contributed by atoms with Gasteiger partial charge in [-0.05, 0) is 6.92 Å². The number of allylic oxidation sites excluding steroid dienone is 5. The fraction of sp³-hybridized carbons (Fsp3) is 0.176. The Morgan fingerprint density at radius 2 is 1.80 bits per heavy atom. The zero-order valence-electron chi connectivity index (χ0n) is 11.3. The summed E-state index contributed by atoms with van der Waals surface area (Å²) in [6, 6.07) is 8.75. The zero-order chi connectivity index (χ0) is 14.4. The van der Waals surface area contributed by atoms with Gasteiger partial charge in [-0.3, -0.25) is 4.79 Å². The van der Waals surface area contributed by atoms with E-state index in [0.29, 0.717) is 5.56 Å². The molecule has 3 nitrogen and oxygen atoms in total. The molecular weight excluding hydrogens is 252 g/mol. The molecule has 1 aromatic carbocycles. The molecule has 0 aromatic heterocycles. The van der Waals surface area contributed by atoms with Gasteiger partial charge in [-0.25, -0.2) is 4.79 Å². The van der Waals surface area contributed by atoms with Gasteiger partial charge in [0, 0.05) is 11.5 Å². The van der Waals surface area contributed by atoms with E-state index in [0.717, 1.165) is 0 Å². The molecule has 0 spiro atoms. The normalized spacial score (nSPS) is 14.6. The Bertz CT molecular complexity index is 568. The van der Waals surface area contributed by atoms with Gasteiger partial charge in [0.1, 0.15) is 5.57 Å². The van der Waals surface area contributed by atoms with Crippen molar-refractivity contribution in [1.29, 1.82) is 0 Å². The largest absolute Gasteiger partial charge is 0.462 e. The van der Waals surface area contributed by atoms with E-state index in [2.05, 4.69) is 0 Å². The number of esters is 1. The molecule has 1 aromatic rings. The highest BCUT2D eigenvalue weighted by Crippen LogP contribution is 2.17. The predicted octanol–water partition coefficient (Wildman–Crippen LogP) is 3.10. The maximum absolute atomic E-state index is 12.4. The van der Waals surface area contributed by atoms with Crippen LogP contribution in [0, 0.1) is 5.92 Å². The van der Waals surface area contributed by atoms with Crippen LogP contribution in [0.4, 0.5) is 0 Å². The maximum Gasteiger partial charge on any atom is 0.341 e. The third-order valence-electron chi connectivity index (χ3n) is 2.91. The van der Waals surface area contributed by atoms with Gasteiger partial charge in [0.2, 0.25) is 0 Å². The number of ketones is 1. The van der Waals surface area contributed by atoms with Crippen LogP contribution < -0.4 is 0 Å². The summed E-state index contributed by atoms with van der Waals surface area (Å²) in [7, 11) is 0. The molecule has 0 radical (unpaired) electrons. The van der Waals surface area contributed by atoms with E-state index in [1.807, 2.05) is 30.4 Å². The number of hydrogen-bond acceptors (Lipinski definition) is 3. The van der Waals surface area contributed by atoms with Gasteiger partial charge in [-0.15, -0.1) is 0 Å². The first-order valence-corrected chi connectivity index (χ1v) is 6.56. The van der Waals surface area contributed by atoms with Crippen LogP contribution in [0.25, 0.3) is 0 Å². The Morgan fingerprint density at radius 3 is 2.40 bits per heavy atom. The SMILES string of the molecule is CCOC(=O)/C(=C\C1C=CC=C1)C(=O)c1ccccc1. The third-order valence-corrected chi connectivity index (χ3v) is 2.91. The summed E-state index contributed by atoms with van der Waals surface area (Å²) in [6.45, 7) is 1.96. The lowest BCUT2D eigenvalue weighted by Crippen LogP contribution is -2.17. The molecule has 0 unspecified atom stereocenters. The predicted molar refractivity (Wildman–Crippen MR) is 77.3 cm³/mol. The quantitative estimate of drug-likeness (QED) is 0.271. The molecule has 0 fully saturated rings. The van der Waals surface area contributed by atoms with Gasteiger partial charge in [-0.1, -0.05) is 60.7 Å². The van der Waals surface area contributed by atoms with Crippen LogP contribution in [-0.2, 0) is 9.53 Å². The molecular formula is C17H16O3. The standard InChI is InChI=1S/C17H16O3/c1-2-20-17(19)15(12-13-8-6-7-9-13)16(18)14-10-4-3-5-11-14/h3-13H,2H2,1H3/b15-12-. The lowest BCUT2D eigenvalue weighted by atomic mass is 9.99. The zero-order valence-corrected chi connectivity index (χ0v) is 11.3. The summed E-state index contributed by atoms with van der Waals surface area (Å²) in [4.78, 5) is 24.4. The van der Waals surface area contributed by atoms with Crippen molar-refractivity contribution in [3.8, 4) is 0 Å². The smallest absolute Gasteiger partial charge is 0.341 e. The molecule has 0 atom stereocenters. The fourth-order valence-corrected chi connectivity index (χ4v) is 1.94. The van der Waals surface area contributed by atoms with Crippen molar-refractivity contribution in [2.45, 2.75) is 6.92 Å². The van der Waals surface area contributed by atoms with Gasteiger partial charge < -0.3 is 4.74 Å². The van der Waals surface area contributed by atoms with Crippen LogP contribution in [-0.4, -0.2) is 18.4 Å². The van der Waals surface area contributed by atoms with Crippen LogP contribution in [0.1, 0.15) is 17.3 Å². The number of carbonyl (C=O) groups is 2. The second kappa shape index (κ2) is 6.66. The Labute approximate surface area is 118 Å². The molecule has 102 valence electrons. The number of benzene rings is 1. The number of rotatable bonds is 5. The monoisotopic (exact) mass is 268 g/mol. The van der Waals surface area contributed by atoms with Crippen molar-refractivity contribution in [2.75, 3.05) is 6.61 Å². The van der Waals surface area contributed by atoms with Crippen LogP contribution in [0.2, 0.25) is 0 Å². The first-order valence-electron chi connectivity index (χ1n) is 6.56. The minimum Gasteiger partial charge on any atom is -0.462 e. The second-order valence-corrected chi connectivity index (χ2v) is 4.34. The average Bonchev–Trinajstić information content (AvgIpc) is 2.98. The van der Waals surface area contributed by atoms with Crippen LogP contribution in [0.5, 0.6) is 0 Å². The molecule has 0 saturated carbocycles. The van der Waals surface area contributed by atoms with E-state index in [9.17, 15) is 9.59 Å². The third kappa shape index (κ3) is 3.32. The molecule has 1 aliphatic carbocycles. The van der Waals surface area contributed by atoms with E-state index in [1.165, 1.54) is 0 Å². The van der Waals surface area contributed by atoms with E-state index in [-0.39, 0.29) is 23.9 Å². The van der Waals surface area contributed by atoms with Crippen molar-refractivity contribution in [2.24, 2.45) is 5.92 Å². The maximum atomic E-state index is 12.4. The van der Waals surface area contributed by atoms with Crippen LogP contribution >= 0.6 is 0 Å². The molecule has 0 amide bonds. The van der Waals surface area contributed by atoms with E-state index < -0.39 is 5.97 Å². The van der Waals surface area contributed by atoms with Crippen molar-refractivity contribution >= 4 is 11.8 Å². The van der Waals surface area contributed by atoms with Crippen molar-refractivity contribution in [3.63, 3.8) is 0 Å². The van der Waals surface area contributed by atoms with Gasteiger partial charge >= 0.3 is 5.97 Å². The van der Waals surface area contributed by atoms with E-state index >= 15 is 0 Å². The molecule has 0 heterocycles. The molecule has 0 N–H and O–H groups in total. The molecule has 3 heteroatoms. The fourth-order valence-electron chi connectivity index (χ4n) is 1.94. The second-order valence-electron chi connectivity index (χ2n) is 4.34. The Kier molecular flexibility index (Phi) is 4.66. The average molecular weight is 268 g/mol. The summed E-state index contributed by atoms with van der Waals surface area (Å²) in [6.07, 6.45) is 9.25. The molecule has 20 heavy (non-hydrogen) atoms. The Morgan fingerprint density at radius 1 is 1.15 bits per heavy atom. The first kappa shape index (κ1) is 14.0. The molecule has 0 saturated heterocycles. The van der Waals surface area contributed by atoms with Crippen molar-refractivity contribution < 1.29 is 14.3 Å². The minimum atomic E-state index is -0.574. The summed E-state index contributed by atoms with van der Waals surface area (Å²) >= 11 is 0. The Balaban J connectivity index is 2.31. The van der Waals surface area contributed by atoms with Gasteiger partial charge in [0.15, 0.2) is 5.78 Å². The summed E-state index contributed by atoms with van der Waals surface area (Å²) in [5.41, 5.74) is 0.567. The molecule has 0 aliphatic heterocycles. The minimum absolute atomic E-state index is 0.0398. The van der Waals surface area contributed by atoms with Gasteiger partial charge in [-0.2, -0.15) is 0 Å². The van der Waals surface area contributed by atoms with Crippen LogP contribution in [0.3, 0.4) is 0 Å². The van der Waals surface area contributed by atoms with E-state index in [4.69, 9.17) is 4.74 Å². The lowest BCUT2D eigenvalue weighted by molar-refractivity contribution is -0.138. The topological polar surface area (TPSA) is 43.4 Å². The molecule has 1 aliphatic rings. The van der Waals surface area contributed by atoms with Crippen molar-refractivity contribution in [1.82, 2.24) is 0 Å². The molecule has 0 bridgehead atoms. The van der Waals surface area contributed by atoms with Gasteiger partial charge in [0.05, 0.1) is 6.61 Å². The summed E-state index contributed by atoms with van der Waals surface area (Å²) in [5.74, 6) is -0.921. The number of hydrogen-bond donors (Lipinski definition) is 0. The summed E-state index contributed by atoms with van der Waals surface area (Å²) < 4.78 is 4.98. The van der Waals surface area contributed by atoms with Gasteiger partial charge in [0.25, 0.3) is 0 Å². The molecule has 2 rings (SSSR count). The van der Waals surface area contributed by atoms with Crippen molar-refractivity contribution in [3.05, 3.63) is 71.8 Å². The highest BCUT2D eigenvalue weighted by molar-refractivity contribution is 6.24.